The predicted octanol–water partition coefficient (Wildman–Crippen LogP) is 2.98. The number of carbonyl (C=O) groups excluding carboxylic acids is 2. The van der Waals surface area contributed by atoms with Crippen molar-refractivity contribution in [2.45, 2.75) is 38.5 Å². The SMILES string of the molecule is O=C(Cc1cccc2ccccc12)NNC(=S)NC(=O)C1CCCCC1. The molecule has 0 unspecified atom stereocenters. The van der Waals surface area contributed by atoms with Crippen molar-refractivity contribution in [3.8, 4) is 0 Å². The van der Waals surface area contributed by atoms with E-state index < -0.39 is 0 Å². The van der Waals surface area contributed by atoms with E-state index in [0.717, 1.165) is 42.0 Å². The Morgan fingerprint density at radius 2 is 1.69 bits per heavy atom. The van der Waals surface area contributed by atoms with Crippen LogP contribution in [0.25, 0.3) is 10.8 Å². The summed E-state index contributed by atoms with van der Waals surface area (Å²) in [5, 5.41) is 4.95. The summed E-state index contributed by atoms with van der Waals surface area (Å²) in [5.41, 5.74) is 6.12. The summed E-state index contributed by atoms with van der Waals surface area (Å²) in [6.45, 7) is 0. The number of thiocarbonyl (C=S) groups is 1. The number of carbonyl (C=O) groups is 2. The minimum atomic E-state index is -0.212. The summed E-state index contributed by atoms with van der Waals surface area (Å²) in [6, 6.07) is 13.8. The molecule has 0 saturated heterocycles. The third kappa shape index (κ3) is 4.79. The standard InChI is InChI=1S/C20H23N3O2S/c24-18(13-16-11-6-10-14-7-4-5-12-17(14)16)22-23-20(26)21-19(25)15-8-2-1-3-9-15/h4-7,10-12,15H,1-3,8-9,13H2,(H,22,24)(H2,21,23,25,26). The molecule has 2 aromatic carbocycles. The number of hydrazine groups is 1. The van der Waals surface area contributed by atoms with Crippen LogP contribution in [0.5, 0.6) is 0 Å². The van der Waals surface area contributed by atoms with Crippen molar-refractivity contribution >= 4 is 39.9 Å². The molecule has 3 N–H and O–H groups in total. The zero-order valence-corrected chi connectivity index (χ0v) is 15.4. The molecule has 0 bridgehead atoms. The molecule has 3 rings (SSSR count). The molecule has 0 aromatic heterocycles. The van der Waals surface area contributed by atoms with Crippen LogP contribution in [0.4, 0.5) is 0 Å². The number of amides is 2. The van der Waals surface area contributed by atoms with Crippen molar-refractivity contribution in [1.82, 2.24) is 16.2 Å². The fraction of sp³-hybridized carbons (Fsp3) is 0.350. The molecule has 0 spiro atoms. The molecule has 136 valence electrons. The van der Waals surface area contributed by atoms with Gasteiger partial charge in [0, 0.05) is 5.92 Å². The van der Waals surface area contributed by atoms with Crippen LogP contribution in [-0.2, 0) is 16.0 Å². The van der Waals surface area contributed by atoms with Crippen LogP contribution < -0.4 is 16.2 Å². The summed E-state index contributed by atoms with van der Waals surface area (Å²) < 4.78 is 0. The highest BCUT2D eigenvalue weighted by atomic mass is 32.1. The Bertz CT molecular complexity index is 810. The lowest BCUT2D eigenvalue weighted by atomic mass is 9.89. The lowest BCUT2D eigenvalue weighted by Crippen LogP contribution is -2.50. The van der Waals surface area contributed by atoms with Crippen molar-refractivity contribution in [1.29, 1.82) is 0 Å². The lowest BCUT2D eigenvalue weighted by molar-refractivity contribution is -0.125. The van der Waals surface area contributed by atoms with Crippen molar-refractivity contribution in [2.24, 2.45) is 5.92 Å². The average Bonchev–Trinajstić information content (AvgIpc) is 2.67. The normalized spacial score (nSPS) is 14.6. The number of rotatable bonds is 3. The van der Waals surface area contributed by atoms with E-state index in [0.29, 0.717) is 0 Å². The van der Waals surface area contributed by atoms with Gasteiger partial charge in [-0.3, -0.25) is 20.4 Å². The fourth-order valence-corrected chi connectivity index (χ4v) is 3.55. The molecule has 6 heteroatoms. The predicted molar refractivity (Wildman–Crippen MR) is 106 cm³/mol. The molecule has 5 nitrogen and oxygen atoms in total. The summed E-state index contributed by atoms with van der Waals surface area (Å²) >= 11 is 5.10. The van der Waals surface area contributed by atoms with Gasteiger partial charge in [-0.25, -0.2) is 0 Å². The molecule has 2 aromatic rings. The van der Waals surface area contributed by atoms with Crippen molar-refractivity contribution in [3.63, 3.8) is 0 Å². The van der Waals surface area contributed by atoms with E-state index in [1.165, 1.54) is 6.42 Å². The highest BCUT2D eigenvalue weighted by molar-refractivity contribution is 7.80. The Labute approximate surface area is 158 Å². The molecule has 0 atom stereocenters. The topological polar surface area (TPSA) is 70.2 Å². The van der Waals surface area contributed by atoms with Gasteiger partial charge in [0.2, 0.25) is 11.8 Å². The fourth-order valence-electron chi connectivity index (χ4n) is 3.40. The van der Waals surface area contributed by atoms with Gasteiger partial charge in [-0.1, -0.05) is 61.7 Å². The minimum Gasteiger partial charge on any atom is -0.302 e. The van der Waals surface area contributed by atoms with Crippen LogP contribution in [0.2, 0.25) is 0 Å². The summed E-state index contributed by atoms with van der Waals surface area (Å²) in [5.74, 6) is -0.254. The van der Waals surface area contributed by atoms with E-state index >= 15 is 0 Å². The molecule has 2 amide bonds. The van der Waals surface area contributed by atoms with Gasteiger partial charge in [-0.05, 0) is 41.4 Å². The largest absolute Gasteiger partial charge is 0.302 e. The Balaban J connectivity index is 1.49. The zero-order chi connectivity index (χ0) is 18.4. The van der Waals surface area contributed by atoms with Gasteiger partial charge >= 0.3 is 0 Å². The van der Waals surface area contributed by atoms with E-state index in [9.17, 15) is 9.59 Å². The van der Waals surface area contributed by atoms with Crippen LogP contribution in [0.1, 0.15) is 37.7 Å². The quantitative estimate of drug-likeness (QED) is 0.575. The third-order valence-electron chi connectivity index (χ3n) is 4.76. The first kappa shape index (κ1) is 18.3. The van der Waals surface area contributed by atoms with E-state index in [4.69, 9.17) is 12.2 Å². The lowest BCUT2D eigenvalue weighted by Gasteiger charge is -2.21. The van der Waals surface area contributed by atoms with Crippen LogP contribution in [-0.4, -0.2) is 16.9 Å². The van der Waals surface area contributed by atoms with Crippen molar-refractivity contribution in [2.75, 3.05) is 0 Å². The van der Waals surface area contributed by atoms with Gasteiger partial charge in [-0.2, -0.15) is 0 Å². The van der Waals surface area contributed by atoms with Crippen LogP contribution in [0.15, 0.2) is 42.5 Å². The highest BCUT2D eigenvalue weighted by Gasteiger charge is 2.21. The van der Waals surface area contributed by atoms with Crippen molar-refractivity contribution in [3.05, 3.63) is 48.0 Å². The van der Waals surface area contributed by atoms with Gasteiger partial charge in [-0.15, -0.1) is 0 Å². The molecular weight excluding hydrogens is 346 g/mol. The second-order valence-corrected chi connectivity index (χ2v) is 7.05. The second-order valence-electron chi connectivity index (χ2n) is 6.64. The molecule has 0 aliphatic heterocycles. The van der Waals surface area contributed by atoms with Gasteiger partial charge in [0.1, 0.15) is 0 Å². The molecule has 1 fully saturated rings. The maximum absolute atomic E-state index is 12.2. The average molecular weight is 369 g/mol. The smallest absolute Gasteiger partial charge is 0.242 e. The first-order chi connectivity index (χ1) is 12.6. The van der Waals surface area contributed by atoms with Crippen LogP contribution in [0.3, 0.4) is 0 Å². The maximum atomic E-state index is 12.2. The van der Waals surface area contributed by atoms with Gasteiger partial charge in [0.05, 0.1) is 6.42 Å². The molecule has 0 heterocycles. The Hall–Kier alpha value is -2.47. The third-order valence-corrected chi connectivity index (χ3v) is 4.96. The highest BCUT2D eigenvalue weighted by Crippen LogP contribution is 2.23. The van der Waals surface area contributed by atoms with Gasteiger partial charge < -0.3 is 5.32 Å². The molecule has 0 radical (unpaired) electrons. The van der Waals surface area contributed by atoms with Crippen LogP contribution in [0, 0.1) is 5.92 Å². The van der Waals surface area contributed by atoms with Crippen molar-refractivity contribution < 1.29 is 9.59 Å². The Morgan fingerprint density at radius 1 is 0.962 bits per heavy atom. The summed E-state index contributed by atoms with van der Waals surface area (Å²) in [6.07, 6.45) is 5.40. The summed E-state index contributed by atoms with van der Waals surface area (Å²) in [7, 11) is 0. The number of nitrogens with one attached hydrogen (secondary N) is 3. The molecule has 1 saturated carbocycles. The Kier molecular flexibility index (Phi) is 6.17. The van der Waals surface area contributed by atoms with E-state index in [2.05, 4.69) is 16.2 Å². The van der Waals surface area contributed by atoms with E-state index in [-0.39, 0.29) is 29.3 Å². The molecule has 1 aliphatic carbocycles. The van der Waals surface area contributed by atoms with E-state index in [1.807, 2.05) is 42.5 Å². The number of hydrogen-bond acceptors (Lipinski definition) is 3. The number of hydrogen-bond donors (Lipinski definition) is 3. The molecule has 26 heavy (non-hydrogen) atoms. The molecular formula is C20H23N3O2S. The van der Waals surface area contributed by atoms with E-state index in [1.54, 1.807) is 0 Å². The number of benzene rings is 2. The number of fused-ring (bicyclic) bond motifs is 1. The molecule has 1 aliphatic rings. The van der Waals surface area contributed by atoms with Gasteiger partial charge in [0.25, 0.3) is 0 Å². The van der Waals surface area contributed by atoms with Gasteiger partial charge in [0.15, 0.2) is 5.11 Å². The first-order valence-corrected chi connectivity index (χ1v) is 9.40. The summed E-state index contributed by atoms with van der Waals surface area (Å²) in [4.78, 5) is 24.3. The van der Waals surface area contributed by atoms with Crippen LogP contribution >= 0.6 is 12.2 Å². The first-order valence-electron chi connectivity index (χ1n) is 9.00. The monoisotopic (exact) mass is 369 g/mol. The second kappa shape index (κ2) is 8.76. The Morgan fingerprint density at radius 3 is 2.50 bits per heavy atom. The minimum absolute atomic E-state index is 0.0230. The zero-order valence-electron chi connectivity index (χ0n) is 14.6. The maximum Gasteiger partial charge on any atom is 0.242 e.